The molecule has 0 saturated heterocycles. The zero-order chi connectivity index (χ0) is 14.0. The summed E-state index contributed by atoms with van der Waals surface area (Å²) in [4.78, 5) is 2.15. The van der Waals surface area contributed by atoms with Crippen LogP contribution in [0.5, 0.6) is 0 Å². The highest BCUT2D eigenvalue weighted by atomic mass is 35.5. The lowest BCUT2D eigenvalue weighted by atomic mass is 10.3. The van der Waals surface area contributed by atoms with Gasteiger partial charge in [0, 0.05) is 24.8 Å². The number of hydrogen-bond donors (Lipinski definition) is 0. The predicted octanol–water partition coefficient (Wildman–Crippen LogP) is 3.23. The quantitative estimate of drug-likeness (QED) is 0.784. The summed E-state index contributed by atoms with van der Waals surface area (Å²) in [5, 5.41) is 3.66. The smallest absolute Gasteiger partial charge is 0.112 e. The second-order valence-corrected chi connectivity index (χ2v) is 10.4. The molecule has 0 amide bonds. The summed E-state index contributed by atoms with van der Waals surface area (Å²) in [5.41, 5.74) is 1.26. The number of anilines is 1. The summed E-state index contributed by atoms with van der Waals surface area (Å²) in [6.07, 6.45) is 0. The average molecular weight is 290 g/mol. The lowest BCUT2D eigenvalue weighted by Gasteiger charge is -2.25. The second-order valence-electron chi connectivity index (χ2n) is 5.58. The van der Waals surface area contributed by atoms with Crippen LogP contribution in [0.1, 0.15) is 0 Å². The molecule has 0 fully saturated rings. The first-order chi connectivity index (χ1) is 8.91. The van der Waals surface area contributed by atoms with E-state index in [0.29, 0.717) is 0 Å². The van der Waals surface area contributed by atoms with Gasteiger partial charge in [-0.15, -0.1) is 0 Å². The maximum absolute atomic E-state index is 5.98. The van der Waals surface area contributed by atoms with Crippen LogP contribution >= 0.6 is 11.6 Å². The highest BCUT2D eigenvalue weighted by molar-refractivity contribution is 7.00. The van der Waals surface area contributed by atoms with Crippen molar-refractivity contribution in [2.75, 3.05) is 19.0 Å². The van der Waals surface area contributed by atoms with Gasteiger partial charge in [-0.05, 0) is 24.3 Å². The minimum Gasteiger partial charge on any atom is -0.378 e. The molecule has 0 radical (unpaired) electrons. The molecule has 0 spiro atoms. The summed E-state index contributed by atoms with van der Waals surface area (Å²) in [6.45, 7) is 4.76. The monoisotopic (exact) mass is 289 g/mol. The molecule has 1 nitrogen and oxygen atoms in total. The van der Waals surface area contributed by atoms with Crippen molar-refractivity contribution in [1.82, 2.24) is 0 Å². The molecule has 2 aromatic rings. The van der Waals surface area contributed by atoms with E-state index in [1.54, 1.807) is 0 Å². The Kier molecular flexibility index (Phi) is 4.02. The Hall–Kier alpha value is -1.25. The number of nitrogens with zero attached hydrogens (tertiary/aromatic N) is 1. The lowest BCUT2D eigenvalue weighted by Crippen LogP contribution is -2.52. The van der Waals surface area contributed by atoms with Gasteiger partial charge in [-0.3, -0.25) is 0 Å². The van der Waals surface area contributed by atoms with Crippen LogP contribution in [0.2, 0.25) is 18.1 Å². The Labute approximate surface area is 121 Å². The van der Waals surface area contributed by atoms with Gasteiger partial charge in [0.15, 0.2) is 0 Å². The zero-order valence-electron chi connectivity index (χ0n) is 11.9. The molecule has 100 valence electrons. The van der Waals surface area contributed by atoms with Gasteiger partial charge in [0.05, 0.1) is 0 Å². The van der Waals surface area contributed by atoms with Gasteiger partial charge in [-0.1, -0.05) is 59.3 Å². The first-order valence-corrected chi connectivity index (χ1v) is 9.83. The van der Waals surface area contributed by atoms with Crippen molar-refractivity contribution in [3.8, 4) is 0 Å². The van der Waals surface area contributed by atoms with Gasteiger partial charge in [0.1, 0.15) is 8.07 Å². The first kappa shape index (κ1) is 14.2. The molecule has 0 aliphatic rings. The van der Waals surface area contributed by atoms with Gasteiger partial charge in [-0.25, -0.2) is 0 Å². The summed E-state index contributed by atoms with van der Waals surface area (Å²) >= 11 is 5.98. The molecule has 0 heterocycles. The average Bonchev–Trinajstić information content (AvgIpc) is 2.39. The number of halogens is 1. The Morgan fingerprint density at radius 1 is 0.895 bits per heavy atom. The third kappa shape index (κ3) is 3.02. The normalized spacial score (nSPS) is 11.4. The molecule has 0 bridgehead atoms. The van der Waals surface area contributed by atoms with Crippen molar-refractivity contribution < 1.29 is 0 Å². The van der Waals surface area contributed by atoms with Crippen LogP contribution in [-0.4, -0.2) is 22.2 Å². The van der Waals surface area contributed by atoms with Crippen LogP contribution in [0.25, 0.3) is 0 Å². The Balaban J connectivity index is 2.43. The van der Waals surface area contributed by atoms with E-state index in [9.17, 15) is 0 Å². The SMILES string of the molecule is CN(C)c1cccc([Si](C)(C)c2ccc(Cl)cc2)c1. The topological polar surface area (TPSA) is 3.24 Å². The molecule has 19 heavy (non-hydrogen) atoms. The third-order valence-electron chi connectivity index (χ3n) is 3.65. The highest BCUT2D eigenvalue weighted by Gasteiger charge is 2.26. The van der Waals surface area contributed by atoms with Crippen molar-refractivity contribution >= 4 is 35.7 Å². The molecule has 3 heteroatoms. The maximum Gasteiger partial charge on any atom is 0.112 e. The van der Waals surface area contributed by atoms with Crippen molar-refractivity contribution in [3.05, 3.63) is 53.6 Å². The molecule has 2 rings (SSSR count). The van der Waals surface area contributed by atoms with E-state index in [4.69, 9.17) is 11.6 Å². The van der Waals surface area contributed by atoms with E-state index >= 15 is 0 Å². The van der Waals surface area contributed by atoms with E-state index in [1.807, 2.05) is 12.1 Å². The van der Waals surface area contributed by atoms with Crippen molar-refractivity contribution in [3.63, 3.8) is 0 Å². The van der Waals surface area contributed by atoms with Crippen molar-refractivity contribution in [2.24, 2.45) is 0 Å². The van der Waals surface area contributed by atoms with Crippen LogP contribution in [0.4, 0.5) is 5.69 Å². The lowest BCUT2D eigenvalue weighted by molar-refractivity contribution is 1.13. The fraction of sp³-hybridized carbons (Fsp3) is 0.250. The number of rotatable bonds is 3. The van der Waals surface area contributed by atoms with E-state index < -0.39 is 8.07 Å². The molecule has 0 saturated carbocycles. The standard InChI is InChI=1S/C16H20ClNSi/c1-18(2)14-6-5-7-16(12-14)19(3,4)15-10-8-13(17)9-11-15/h5-12H,1-4H3. The van der Waals surface area contributed by atoms with Gasteiger partial charge in [-0.2, -0.15) is 0 Å². The molecule has 0 N–H and O–H groups in total. The third-order valence-corrected chi connectivity index (χ3v) is 7.43. The molecule has 0 aromatic heterocycles. The fourth-order valence-corrected chi connectivity index (χ4v) is 4.69. The largest absolute Gasteiger partial charge is 0.378 e. The predicted molar refractivity (Wildman–Crippen MR) is 89.0 cm³/mol. The molecular weight excluding hydrogens is 270 g/mol. The number of hydrogen-bond acceptors (Lipinski definition) is 1. The van der Waals surface area contributed by atoms with Gasteiger partial charge in [0.25, 0.3) is 0 Å². The minimum absolute atomic E-state index is 0.801. The summed E-state index contributed by atoms with van der Waals surface area (Å²) in [5.74, 6) is 0. The maximum atomic E-state index is 5.98. The molecule has 0 aliphatic carbocycles. The highest BCUT2D eigenvalue weighted by Crippen LogP contribution is 2.13. The Morgan fingerprint density at radius 3 is 2.11 bits per heavy atom. The summed E-state index contributed by atoms with van der Waals surface area (Å²) in [6, 6.07) is 17.1. The van der Waals surface area contributed by atoms with E-state index in [1.165, 1.54) is 16.1 Å². The molecule has 2 aromatic carbocycles. The van der Waals surface area contributed by atoms with E-state index in [2.05, 4.69) is 68.5 Å². The Morgan fingerprint density at radius 2 is 1.53 bits per heavy atom. The van der Waals surface area contributed by atoms with Gasteiger partial charge in [0.2, 0.25) is 0 Å². The number of benzene rings is 2. The minimum atomic E-state index is -1.64. The molecular formula is C16H20ClNSi. The van der Waals surface area contributed by atoms with Gasteiger partial charge >= 0.3 is 0 Å². The van der Waals surface area contributed by atoms with Crippen molar-refractivity contribution in [1.29, 1.82) is 0 Å². The summed E-state index contributed by atoms with van der Waals surface area (Å²) < 4.78 is 0. The van der Waals surface area contributed by atoms with Crippen LogP contribution in [0, 0.1) is 0 Å². The summed E-state index contributed by atoms with van der Waals surface area (Å²) in [7, 11) is 2.52. The Bertz CT molecular complexity index is 561. The van der Waals surface area contributed by atoms with Crippen LogP contribution in [0.15, 0.2) is 48.5 Å². The zero-order valence-corrected chi connectivity index (χ0v) is 13.7. The molecule has 0 aliphatic heterocycles. The first-order valence-electron chi connectivity index (χ1n) is 6.45. The van der Waals surface area contributed by atoms with E-state index in [-0.39, 0.29) is 0 Å². The fourth-order valence-electron chi connectivity index (χ4n) is 2.21. The molecule has 0 atom stereocenters. The second kappa shape index (κ2) is 5.39. The van der Waals surface area contributed by atoms with Crippen LogP contribution < -0.4 is 15.3 Å². The van der Waals surface area contributed by atoms with Crippen LogP contribution in [-0.2, 0) is 0 Å². The van der Waals surface area contributed by atoms with Crippen LogP contribution in [0.3, 0.4) is 0 Å². The van der Waals surface area contributed by atoms with Crippen molar-refractivity contribution in [2.45, 2.75) is 13.1 Å². The van der Waals surface area contributed by atoms with Gasteiger partial charge < -0.3 is 4.90 Å². The van der Waals surface area contributed by atoms with E-state index in [0.717, 1.165) is 5.02 Å². The molecule has 0 unspecified atom stereocenters.